The van der Waals surface area contributed by atoms with Gasteiger partial charge in [-0.25, -0.2) is 0 Å². The molecular formula is C22H24ClN3O3. The van der Waals surface area contributed by atoms with Crippen molar-refractivity contribution in [1.29, 1.82) is 0 Å². The maximum atomic E-state index is 11.8. The van der Waals surface area contributed by atoms with Crippen molar-refractivity contribution in [2.45, 2.75) is 26.6 Å². The number of rotatable bonds is 6. The lowest BCUT2D eigenvalue weighted by molar-refractivity contribution is -0.129. The Labute approximate surface area is 175 Å². The first-order valence-electron chi connectivity index (χ1n) is 9.23. The Balaban J connectivity index is 1.81. The molecule has 0 spiro atoms. The summed E-state index contributed by atoms with van der Waals surface area (Å²) in [6, 6.07) is 13.0. The van der Waals surface area contributed by atoms with Crippen molar-refractivity contribution >= 4 is 17.5 Å². The Hall–Kier alpha value is -2.83. The highest BCUT2D eigenvalue weighted by atomic mass is 35.5. The third-order valence-electron chi connectivity index (χ3n) is 4.87. The summed E-state index contributed by atoms with van der Waals surface area (Å²) >= 11 is 6.24. The quantitative estimate of drug-likeness (QED) is 0.645. The first-order chi connectivity index (χ1) is 13.8. The summed E-state index contributed by atoms with van der Waals surface area (Å²) in [4.78, 5) is 11.8. The Morgan fingerprint density at radius 3 is 2.62 bits per heavy atom. The Bertz CT molecular complexity index is 1050. The highest BCUT2D eigenvalue weighted by Crippen LogP contribution is 2.31. The second-order valence-electron chi connectivity index (χ2n) is 6.87. The van der Waals surface area contributed by atoms with Crippen LogP contribution < -0.4 is 10.1 Å². The van der Waals surface area contributed by atoms with Crippen LogP contribution in [0.1, 0.15) is 28.4 Å². The maximum Gasteiger partial charge on any atom is 0.253 e. The number of aromatic nitrogens is 2. The molecule has 29 heavy (non-hydrogen) atoms. The first-order valence-corrected chi connectivity index (χ1v) is 9.61. The van der Waals surface area contributed by atoms with Crippen LogP contribution in [0.25, 0.3) is 11.3 Å². The number of nitrogens with one attached hydrogen (secondary N) is 1. The average molecular weight is 414 g/mol. The van der Waals surface area contributed by atoms with Crippen LogP contribution in [0.3, 0.4) is 0 Å². The Morgan fingerprint density at radius 1 is 1.28 bits per heavy atom. The second-order valence-corrected chi connectivity index (χ2v) is 7.23. The van der Waals surface area contributed by atoms with Crippen LogP contribution >= 0.6 is 11.6 Å². The topological polar surface area (TPSA) is 76.4 Å². The van der Waals surface area contributed by atoms with Gasteiger partial charge in [0, 0.05) is 25.2 Å². The summed E-state index contributed by atoms with van der Waals surface area (Å²) in [6.45, 7) is 4.14. The molecule has 3 rings (SSSR count). The maximum absolute atomic E-state index is 11.8. The summed E-state index contributed by atoms with van der Waals surface area (Å²) in [6.07, 6.45) is -1.24. The summed E-state index contributed by atoms with van der Waals surface area (Å²) in [7, 11) is 3.31. The molecule has 0 saturated heterocycles. The molecule has 1 heterocycles. The number of aliphatic hydroxyl groups excluding tert-OH is 1. The number of aliphatic hydroxyl groups is 1. The lowest BCUT2D eigenvalue weighted by atomic mass is 10.0. The number of amides is 1. The molecule has 1 unspecified atom stereocenters. The molecule has 0 aliphatic carbocycles. The fourth-order valence-corrected chi connectivity index (χ4v) is 3.34. The largest absolute Gasteiger partial charge is 0.489 e. The van der Waals surface area contributed by atoms with Crippen molar-refractivity contribution in [2.75, 3.05) is 7.05 Å². The van der Waals surface area contributed by atoms with E-state index in [1.54, 1.807) is 16.8 Å². The molecule has 0 saturated carbocycles. The minimum absolute atomic E-state index is 0.235. The molecular weight excluding hydrogens is 390 g/mol. The van der Waals surface area contributed by atoms with Gasteiger partial charge in [0.2, 0.25) is 0 Å². The van der Waals surface area contributed by atoms with Gasteiger partial charge in [0.1, 0.15) is 17.5 Å². The number of nitrogens with zero attached hydrogens (tertiary/aromatic N) is 2. The van der Waals surface area contributed by atoms with Crippen molar-refractivity contribution in [3.63, 3.8) is 0 Å². The molecule has 3 aromatic rings. The van der Waals surface area contributed by atoms with Gasteiger partial charge in [-0.15, -0.1) is 0 Å². The van der Waals surface area contributed by atoms with E-state index in [-0.39, 0.29) is 6.61 Å². The Kier molecular flexibility index (Phi) is 6.25. The van der Waals surface area contributed by atoms with Crippen molar-refractivity contribution in [2.24, 2.45) is 7.05 Å². The van der Waals surface area contributed by atoms with Gasteiger partial charge in [-0.1, -0.05) is 35.9 Å². The number of benzene rings is 2. The second kappa shape index (κ2) is 8.68. The standard InChI is InChI=1S/C22H24ClN3O3/c1-13-11-15(19-14(2)21(23)26(4)25-19)9-10-18(13)29-12-16-7-5-6-8-17(16)20(27)22(28)24-3/h5-11,20,27H,12H2,1-4H3,(H,24,28). The molecule has 152 valence electrons. The van der Waals surface area contributed by atoms with Gasteiger partial charge in [0.25, 0.3) is 5.91 Å². The summed E-state index contributed by atoms with van der Waals surface area (Å²) in [5.41, 5.74) is 4.96. The summed E-state index contributed by atoms with van der Waals surface area (Å²) < 4.78 is 7.64. The van der Waals surface area contributed by atoms with Crippen LogP contribution in [0.15, 0.2) is 42.5 Å². The van der Waals surface area contributed by atoms with Gasteiger partial charge in [-0.2, -0.15) is 5.10 Å². The fourth-order valence-electron chi connectivity index (χ4n) is 3.21. The van der Waals surface area contributed by atoms with Crippen molar-refractivity contribution in [3.8, 4) is 17.0 Å². The molecule has 1 atom stereocenters. The van der Waals surface area contributed by atoms with Crippen LogP contribution in [-0.4, -0.2) is 27.8 Å². The number of likely N-dealkylation sites (N-methyl/N-ethyl adjacent to an activating group) is 1. The number of hydrogen-bond donors (Lipinski definition) is 2. The van der Waals surface area contributed by atoms with Crippen molar-refractivity contribution < 1.29 is 14.6 Å². The van der Waals surface area contributed by atoms with Crippen LogP contribution in [0.5, 0.6) is 5.75 Å². The third kappa shape index (κ3) is 4.28. The highest BCUT2D eigenvalue weighted by Gasteiger charge is 2.19. The fraction of sp³-hybridized carbons (Fsp3) is 0.273. The van der Waals surface area contributed by atoms with E-state index >= 15 is 0 Å². The molecule has 2 N–H and O–H groups in total. The highest BCUT2D eigenvalue weighted by molar-refractivity contribution is 6.30. The van der Waals surface area contributed by atoms with Gasteiger partial charge in [0.05, 0.1) is 5.69 Å². The molecule has 0 radical (unpaired) electrons. The number of carbonyl (C=O) groups is 1. The van der Waals surface area contributed by atoms with E-state index in [2.05, 4.69) is 10.4 Å². The smallest absolute Gasteiger partial charge is 0.253 e. The molecule has 1 aromatic heterocycles. The van der Waals surface area contributed by atoms with Gasteiger partial charge in [-0.3, -0.25) is 9.48 Å². The molecule has 7 heteroatoms. The molecule has 6 nitrogen and oxygen atoms in total. The van der Waals surface area contributed by atoms with E-state index in [0.29, 0.717) is 10.7 Å². The van der Waals surface area contributed by atoms with Crippen LogP contribution in [-0.2, 0) is 18.4 Å². The van der Waals surface area contributed by atoms with E-state index in [1.807, 2.05) is 51.2 Å². The zero-order valence-corrected chi connectivity index (χ0v) is 17.6. The van der Waals surface area contributed by atoms with Gasteiger partial charge in [-0.05, 0) is 48.7 Å². The van der Waals surface area contributed by atoms with Crippen LogP contribution in [0.4, 0.5) is 0 Å². The lowest BCUT2D eigenvalue weighted by Gasteiger charge is -2.16. The molecule has 0 aliphatic heterocycles. The monoisotopic (exact) mass is 413 g/mol. The molecule has 0 aliphatic rings. The summed E-state index contributed by atoms with van der Waals surface area (Å²) in [5.74, 6) is 0.264. The molecule has 1 amide bonds. The number of halogens is 1. The SMILES string of the molecule is CNC(=O)C(O)c1ccccc1COc1ccc(-c2nn(C)c(Cl)c2C)cc1C. The number of aryl methyl sites for hydroxylation is 2. The Morgan fingerprint density at radius 2 is 2.00 bits per heavy atom. The number of ether oxygens (including phenoxy) is 1. The third-order valence-corrected chi connectivity index (χ3v) is 5.40. The van der Waals surface area contributed by atoms with Crippen LogP contribution in [0.2, 0.25) is 5.15 Å². The molecule has 0 fully saturated rings. The van der Waals surface area contributed by atoms with E-state index < -0.39 is 12.0 Å². The zero-order valence-electron chi connectivity index (χ0n) is 16.9. The molecule has 2 aromatic carbocycles. The minimum atomic E-state index is -1.24. The first kappa shape index (κ1) is 20.9. The average Bonchev–Trinajstić information content (AvgIpc) is 2.99. The zero-order chi connectivity index (χ0) is 21.1. The number of carbonyl (C=O) groups excluding carboxylic acids is 1. The van der Waals surface area contributed by atoms with Crippen molar-refractivity contribution in [3.05, 3.63) is 69.9 Å². The van der Waals surface area contributed by atoms with Gasteiger partial charge < -0.3 is 15.2 Å². The van der Waals surface area contributed by atoms with E-state index in [0.717, 1.165) is 33.7 Å². The summed E-state index contributed by atoms with van der Waals surface area (Å²) in [5, 5.41) is 17.8. The van der Waals surface area contributed by atoms with E-state index in [1.165, 1.54) is 7.05 Å². The number of hydrogen-bond acceptors (Lipinski definition) is 4. The van der Waals surface area contributed by atoms with E-state index in [9.17, 15) is 9.90 Å². The predicted molar refractivity (Wildman–Crippen MR) is 113 cm³/mol. The van der Waals surface area contributed by atoms with Crippen LogP contribution in [0, 0.1) is 13.8 Å². The predicted octanol–water partition coefficient (Wildman–Crippen LogP) is 3.72. The lowest BCUT2D eigenvalue weighted by Crippen LogP contribution is -2.26. The van der Waals surface area contributed by atoms with Crippen molar-refractivity contribution in [1.82, 2.24) is 15.1 Å². The van der Waals surface area contributed by atoms with Gasteiger partial charge >= 0.3 is 0 Å². The minimum Gasteiger partial charge on any atom is -0.489 e. The normalized spacial score (nSPS) is 11.9. The molecule has 0 bridgehead atoms. The van der Waals surface area contributed by atoms with E-state index in [4.69, 9.17) is 16.3 Å². The van der Waals surface area contributed by atoms with Gasteiger partial charge in [0.15, 0.2) is 6.10 Å².